The summed E-state index contributed by atoms with van der Waals surface area (Å²) in [6.45, 7) is 0. The van der Waals surface area contributed by atoms with Crippen LogP contribution >= 0.6 is 0 Å². The summed E-state index contributed by atoms with van der Waals surface area (Å²) < 4.78 is 18.9. The topological polar surface area (TPSA) is 96.2 Å². The van der Waals surface area contributed by atoms with Crippen LogP contribution in [0.2, 0.25) is 0 Å². The summed E-state index contributed by atoms with van der Waals surface area (Å²) in [4.78, 5) is 10.6. The van der Waals surface area contributed by atoms with Crippen molar-refractivity contribution in [3.05, 3.63) is 36.3 Å². The van der Waals surface area contributed by atoms with Gasteiger partial charge in [-0.3, -0.25) is 0 Å². The van der Waals surface area contributed by atoms with Gasteiger partial charge in [-0.15, -0.1) is 0 Å². The lowest BCUT2D eigenvalue weighted by Crippen LogP contribution is -2.16. The molecule has 1 heterocycles. The van der Waals surface area contributed by atoms with Crippen molar-refractivity contribution in [2.45, 2.75) is 0 Å². The van der Waals surface area contributed by atoms with Gasteiger partial charge in [0, 0.05) is 0 Å². The first-order valence-corrected chi connectivity index (χ1v) is 4.64. The lowest BCUT2D eigenvalue weighted by atomic mass is 10.3. The molecule has 1 amide bonds. The van der Waals surface area contributed by atoms with E-state index in [0.717, 1.165) is 0 Å². The molecule has 7 heteroatoms. The second-order valence-electron chi connectivity index (χ2n) is 3.21. The van der Waals surface area contributed by atoms with Gasteiger partial charge in [0.2, 0.25) is 0 Å². The summed E-state index contributed by atoms with van der Waals surface area (Å²) in [7, 11) is 0. The number of halogens is 1. The summed E-state index contributed by atoms with van der Waals surface area (Å²) in [6, 6.07) is 5.67. The minimum absolute atomic E-state index is 0.0294. The third-order valence-electron chi connectivity index (χ3n) is 2.03. The molecule has 0 aliphatic carbocycles. The number of rotatable bonds is 2. The number of nitrogens with two attached hydrogens (primary N) is 2. The number of carbonyl (C=O) groups is 1. The van der Waals surface area contributed by atoms with Crippen LogP contribution in [0.15, 0.2) is 30.5 Å². The first kappa shape index (κ1) is 10.9. The number of aromatic nitrogens is 2. The Bertz CT molecular complexity index is 567. The first-order chi connectivity index (χ1) is 8.08. The van der Waals surface area contributed by atoms with Crippen LogP contribution in [0.25, 0.3) is 5.69 Å². The van der Waals surface area contributed by atoms with E-state index >= 15 is 0 Å². The highest BCUT2D eigenvalue weighted by atomic mass is 19.1. The quantitative estimate of drug-likeness (QED) is 0.814. The van der Waals surface area contributed by atoms with Crippen LogP contribution in [-0.2, 0) is 0 Å². The van der Waals surface area contributed by atoms with Crippen molar-refractivity contribution in [2.24, 2.45) is 5.73 Å². The highest BCUT2D eigenvalue weighted by molar-refractivity contribution is 5.70. The fourth-order valence-electron chi connectivity index (χ4n) is 1.34. The Balaban J connectivity index is 2.40. The minimum Gasteiger partial charge on any atom is -0.405 e. The van der Waals surface area contributed by atoms with Gasteiger partial charge in [-0.05, 0) is 18.2 Å². The molecule has 1 aromatic carbocycles. The number of ether oxygens (including phenoxy) is 1. The van der Waals surface area contributed by atoms with E-state index < -0.39 is 11.9 Å². The number of anilines is 1. The molecule has 0 atom stereocenters. The maximum absolute atomic E-state index is 13.0. The fourth-order valence-corrected chi connectivity index (χ4v) is 1.34. The number of primary amides is 1. The average molecular weight is 236 g/mol. The van der Waals surface area contributed by atoms with Gasteiger partial charge in [-0.25, -0.2) is 13.9 Å². The zero-order valence-electron chi connectivity index (χ0n) is 8.63. The van der Waals surface area contributed by atoms with E-state index in [1.807, 2.05) is 0 Å². The molecule has 88 valence electrons. The number of hydrogen-bond donors (Lipinski definition) is 2. The number of hydrogen-bond acceptors (Lipinski definition) is 4. The molecule has 1 aromatic heterocycles. The van der Waals surface area contributed by atoms with E-state index in [1.54, 1.807) is 6.07 Å². The Morgan fingerprint density at radius 2 is 2.24 bits per heavy atom. The number of benzene rings is 1. The van der Waals surface area contributed by atoms with E-state index in [2.05, 4.69) is 9.84 Å². The molecule has 0 saturated carbocycles. The molecule has 0 unspecified atom stereocenters. The third-order valence-corrected chi connectivity index (χ3v) is 2.03. The summed E-state index contributed by atoms with van der Waals surface area (Å²) in [5.41, 5.74) is 10.9. The Hall–Kier alpha value is -2.57. The van der Waals surface area contributed by atoms with Gasteiger partial charge < -0.3 is 16.2 Å². The summed E-state index contributed by atoms with van der Waals surface area (Å²) in [5.74, 6) is -0.328. The lowest BCUT2D eigenvalue weighted by Gasteiger charge is -2.04. The predicted molar refractivity (Wildman–Crippen MR) is 58.1 cm³/mol. The molecule has 0 spiro atoms. The van der Waals surface area contributed by atoms with Crippen LogP contribution in [0.3, 0.4) is 0 Å². The number of carbonyl (C=O) groups excluding carboxylic acids is 1. The SMILES string of the molecule is NC(=O)Oc1cnn(-c2cccc(F)c2)c1N. The zero-order valence-corrected chi connectivity index (χ0v) is 8.63. The molecule has 0 bridgehead atoms. The highest BCUT2D eigenvalue weighted by Gasteiger charge is 2.12. The van der Waals surface area contributed by atoms with Crippen molar-refractivity contribution in [3.63, 3.8) is 0 Å². The Kier molecular flexibility index (Phi) is 2.65. The standard InChI is InChI=1S/C10H9FN4O2/c11-6-2-1-3-7(4-6)15-9(12)8(5-14-15)17-10(13)16/h1-5H,12H2,(H2,13,16). The molecule has 2 rings (SSSR count). The molecule has 2 aromatic rings. The predicted octanol–water partition coefficient (Wildman–Crippen LogP) is 1.05. The van der Waals surface area contributed by atoms with Crippen LogP contribution in [0.4, 0.5) is 15.0 Å². The largest absolute Gasteiger partial charge is 0.410 e. The maximum atomic E-state index is 13.0. The molecule has 0 fully saturated rings. The number of amides is 1. The van der Waals surface area contributed by atoms with Gasteiger partial charge in [0.1, 0.15) is 5.82 Å². The molecule has 4 N–H and O–H groups in total. The molecule has 0 radical (unpaired) electrons. The van der Waals surface area contributed by atoms with E-state index in [-0.39, 0.29) is 11.6 Å². The summed E-state index contributed by atoms with van der Waals surface area (Å²) in [6.07, 6.45) is 0.237. The van der Waals surface area contributed by atoms with Crippen LogP contribution in [-0.4, -0.2) is 15.9 Å². The summed E-state index contributed by atoms with van der Waals surface area (Å²) in [5, 5.41) is 3.87. The molecule has 17 heavy (non-hydrogen) atoms. The van der Waals surface area contributed by atoms with E-state index in [0.29, 0.717) is 5.69 Å². The van der Waals surface area contributed by atoms with E-state index in [4.69, 9.17) is 11.5 Å². The highest BCUT2D eigenvalue weighted by Crippen LogP contribution is 2.23. The minimum atomic E-state index is -0.990. The molecular formula is C10H9FN4O2. The molecule has 0 saturated heterocycles. The second-order valence-corrected chi connectivity index (χ2v) is 3.21. The van der Waals surface area contributed by atoms with Gasteiger partial charge in [-0.2, -0.15) is 5.10 Å². The van der Waals surface area contributed by atoms with Gasteiger partial charge in [-0.1, -0.05) is 6.07 Å². The van der Waals surface area contributed by atoms with Gasteiger partial charge in [0.05, 0.1) is 11.9 Å². The van der Waals surface area contributed by atoms with Crippen LogP contribution in [0, 0.1) is 5.82 Å². The monoisotopic (exact) mass is 236 g/mol. The van der Waals surface area contributed by atoms with Gasteiger partial charge >= 0.3 is 6.09 Å². The Morgan fingerprint density at radius 1 is 1.47 bits per heavy atom. The average Bonchev–Trinajstić information content (AvgIpc) is 2.60. The Morgan fingerprint density at radius 3 is 2.88 bits per heavy atom. The molecule has 0 aliphatic rings. The smallest absolute Gasteiger partial charge is 0.405 e. The molecule has 0 aliphatic heterocycles. The van der Waals surface area contributed by atoms with Crippen molar-refractivity contribution >= 4 is 11.9 Å². The van der Waals surface area contributed by atoms with E-state index in [1.165, 1.54) is 29.1 Å². The first-order valence-electron chi connectivity index (χ1n) is 4.64. The van der Waals surface area contributed by atoms with Crippen molar-refractivity contribution in [2.75, 3.05) is 5.73 Å². The van der Waals surface area contributed by atoms with E-state index in [9.17, 15) is 9.18 Å². The van der Waals surface area contributed by atoms with Crippen LogP contribution in [0.1, 0.15) is 0 Å². The zero-order chi connectivity index (χ0) is 12.4. The normalized spacial score (nSPS) is 10.2. The van der Waals surface area contributed by atoms with Crippen molar-refractivity contribution in [1.29, 1.82) is 0 Å². The van der Waals surface area contributed by atoms with Crippen molar-refractivity contribution in [1.82, 2.24) is 9.78 Å². The van der Waals surface area contributed by atoms with Gasteiger partial charge in [0.15, 0.2) is 11.6 Å². The number of nitrogens with zero attached hydrogens (tertiary/aromatic N) is 2. The van der Waals surface area contributed by atoms with Crippen molar-refractivity contribution in [3.8, 4) is 11.4 Å². The molecular weight excluding hydrogens is 227 g/mol. The fraction of sp³-hybridized carbons (Fsp3) is 0. The maximum Gasteiger partial charge on any atom is 0.410 e. The lowest BCUT2D eigenvalue weighted by molar-refractivity contribution is 0.211. The number of nitrogen functional groups attached to an aromatic ring is 1. The Labute approximate surface area is 95.6 Å². The summed E-state index contributed by atoms with van der Waals surface area (Å²) >= 11 is 0. The molecule has 6 nitrogen and oxygen atoms in total. The second kappa shape index (κ2) is 4.12. The van der Waals surface area contributed by atoms with Crippen LogP contribution < -0.4 is 16.2 Å². The van der Waals surface area contributed by atoms with Crippen molar-refractivity contribution < 1.29 is 13.9 Å². The van der Waals surface area contributed by atoms with Gasteiger partial charge in [0.25, 0.3) is 0 Å². The van der Waals surface area contributed by atoms with Crippen LogP contribution in [0.5, 0.6) is 5.75 Å². The third kappa shape index (κ3) is 2.17.